The minimum atomic E-state index is -0.105. The summed E-state index contributed by atoms with van der Waals surface area (Å²) < 4.78 is 0.916. The molecule has 1 aromatic carbocycles. The van der Waals surface area contributed by atoms with Crippen LogP contribution in [0.25, 0.3) is 0 Å². The molecule has 1 aliphatic carbocycles. The van der Waals surface area contributed by atoms with E-state index in [0.717, 1.165) is 40.9 Å². The third-order valence-corrected chi connectivity index (χ3v) is 4.22. The third kappa shape index (κ3) is 3.12. The van der Waals surface area contributed by atoms with Crippen LogP contribution in [0.4, 0.5) is 5.69 Å². The normalized spacial score (nSPS) is 25.4. The van der Waals surface area contributed by atoms with Gasteiger partial charge in [0.05, 0.1) is 11.1 Å². The van der Waals surface area contributed by atoms with Gasteiger partial charge in [0.15, 0.2) is 0 Å². The summed E-state index contributed by atoms with van der Waals surface area (Å²) in [5.41, 5.74) is 1.05. The number of benzene rings is 1. The van der Waals surface area contributed by atoms with E-state index in [4.69, 9.17) is 11.6 Å². The summed E-state index contributed by atoms with van der Waals surface area (Å²) in [6.07, 6.45) is 3.72. The predicted molar refractivity (Wildman–Crippen MR) is 71.0 cm³/mol. The van der Waals surface area contributed by atoms with E-state index < -0.39 is 0 Å². The van der Waals surface area contributed by atoms with Crippen LogP contribution in [0, 0.1) is 0 Å². The molecule has 1 fully saturated rings. The Labute approximate surface area is 109 Å². The van der Waals surface area contributed by atoms with Gasteiger partial charge in [0, 0.05) is 16.2 Å². The van der Waals surface area contributed by atoms with Crippen molar-refractivity contribution in [3.05, 3.63) is 27.7 Å². The van der Waals surface area contributed by atoms with Crippen LogP contribution in [0.1, 0.15) is 25.7 Å². The van der Waals surface area contributed by atoms with Gasteiger partial charge >= 0.3 is 0 Å². The zero-order valence-electron chi connectivity index (χ0n) is 8.92. The van der Waals surface area contributed by atoms with Crippen LogP contribution in [0.2, 0.25) is 5.02 Å². The molecule has 0 radical (unpaired) electrons. The van der Waals surface area contributed by atoms with E-state index in [2.05, 4.69) is 21.2 Å². The highest BCUT2D eigenvalue weighted by Gasteiger charge is 2.19. The lowest BCUT2D eigenvalue weighted by atomic mass is 9.93. The summed E-state index contributed by atoms with van der Waals surface area (Å²) in [5, 5.41) is 13.6. The van der Waals surface area contributed by atoms with Crippen LogP contribution < -0.4 is 5.32 Å². The Hall–Kier alpha value is -0.250. The average molecular weight is 305 g/mol. The topological polar surface area (TPSA) is 32.3 Å². The van der Waals surface area contributed by atoms with Crippen molar-refractivity contribution < 1.29 is 5.11 Å². The molecule has 0 saturated heterocycles. The Morgan fingerprint density at radius 3 is 2.56 bits per heavy atom. The number of halogens is 2. The highest BCUT2D eigenvalue weighted by molar-refractivity contribution is 9.10. The summed E-state index contributed by atoms with van der Waals surface area (Å²) in [5.74, 6) is 0. The van der Waals surface area contributed by atoms with Crippen molar-refractivity contribution in [2.75, 3.05) is 5.32 Å². The molecule has 0 heterocycles. The summed E-state index contributed by atoms with van der Waals surface area (Å²) in [7, 11) is 0. The van der Waals surface area contributed by atoms with E-state index in [1.165, 1.54) is 0 Å². The summed E-state index contributed by atoms with van der Waals surface area (Å²) >= 11 is 9.40. The lowest BCUT2D eigenvalue weighted by molar-refractivity contribution is 0.126. The molecule has 2 nitrogen and oxygen atoms in total. The zero-order chi connectivity index (χ0) is 11.5. The highest BCUT2D eigenvalue weighted by Crippen LogP contribution is 2.28. The van der Waals surface area contributed by atoms with Crippen molar-refractivity contribution in [2.45, 2.75) is 37.8 Å². The molecule has 0 spiro atoms. The Kier molecular flexibility index (Phi) is 4.11. The first kappa shape index (κ1) is 12.2. The first-order valence-electron chi connectivity index (χ1n) is 5.55. The van der Waals surface area contributed by atoms with Gasteiger partial charge in [0.2, 0.25) is 0 Å². The van der Waals surface area contributed by atoms with E-state index in [1.54, 1.807) is 0 Å². The molecular weight excluding hydrogens is 289 g/mol. The Balaban J connectivity index is 1.96. The van der Waals surface area contributed by atoms with Crippen LogP contribution >= 0.6 is 27.5 Å². The van der Waals surface area contributed by atoms with Crippen LogP contribution in [-0.2, 0) is 0 Å². The lowest BCUT2D eigenvalue weighted by Gasteiger charge is -2.27. The van der Waals surface area contributed by atoms with Gasteiger partial charge in [0.1, 0.15) is 0 Å². The highest BCUT2D eigenvalue weighted by atomic mass is 79.9. The number of hydrogen-bond acceptors (Lipinski definition) is 2. The SMILES string of the molecule is OC1CCC(Nc2ccc(Br)c(Cl)c2)CC1. The Bertz CT molecular complexity index is 364. The largest absolute Gasteiger partial charge is 0.393 e. The fourth-order valence-corrected chi connectivity index (χ4v) is 2.47. The molecule has 88 valence electrons. The molecule has 2 N–H and O–H groups in total. The van der Waals surface area contributed by atoms with Crippen LogP contribution in [0.3, 0.4) is 0 Å². The number of nitrogens with one attached hydrogen (secondary N) is 1. The molecular formula is C12H15BrClNO. The maximum Gasteiger partial charge on any atom is 0.0568 e. The molecule has 0 bridgehead atoms. The van der Waals surface area contributed by atoms with Crippen molar-refractivity contribution in [2.24, 2.45) is 0 Å². The summed E-state index contributed by atoms with van der Waals surface area (Å²) in [6, 6.07) is 6.35. The van der Waals surface area contributed by atoms with Gasteiger partial charge < -0.3 is 10.4 Å². The molecule has 0 unspecified atom stereocenters. The van der Waals surface area contributed by atoms with Gasteiger partial charge in [-0.15, -0.1) is 0 Å². The third-order valence-electron chi connectivity index (χ3n) is 2.99. The molecule has 0 amide bonds. The number of aliphatic hydroxyl groups excluding tert-OH is 1. The second-order valence-corrected chi connectivity index (χ2v) is 5.54. The zero-order valence-corrected chi connectivity index (χ0v) is 11.3. The van der Waals surface area contributed by atoms with Crippen molar-refractivity contribution >= 4 is 33.2 Å². The van der Waals surface area contributed by atoms with Crippen LogP contribution in [-0.4, -0.2) is 17.3 Å². The number of rotatable bonds is 2. The molecule has 4 heteroatoms. The quantitative estimate of drug-likeness (QED) is 0.870. The van der Waals surface area contributed by atoms with Gasteiger partial charge in [-0.2, -0.15) is 0 Å². The predicted octanol–water partition coefficient (Wildman–Crippen LogP) is 3.82. The lowest BCUT2D eigenvalue weighted by Crippen LogP contribution is -2.28. The second kappa shape index (κ2) is 5.39. The smallest absolute Gasteiger partial charge is 0.0568 e. The summed E-state index contributed by atoms with van der Waals surface area (Å²) in [6.45, 7) is 0. The molecule has 0 aliphatic heterocycles. The van der Waals surface area contributed by atoms with Crippen molar-refractivity contribution in [1.29, 1.82) is 0 Å². The Morgan fingerprint density at radius 2 is 1.94 bits per heavy atom. The van der Waals surface area contributed by atoms with Crippen molar-refractivity contribution in [3.8, 4) is 0 Å². The van der Waals surface area contributed by atoms with E-state index in [0.29, 0.717) is 6.04 Å². The van der Waals surface area contributed by atoms with Gasteiger partial charge in [-0.25, -0.2) is 0 Å². The first-order valence-corrected chi connectivity index (χ1v) is 6.72. The maximum absolute atomic E-state index is 9.42. The van der Waals surface area contributed by atoms with Crippen molar-refractivity contribution in [3.63, 3.8) is 0 Å². The molecule has 16 heavy (non-hydrogen) atoms. The van der Waals surface area contributed by atoms with Gasteiger partial charge in [-0.05, 0) is 59.8 Å². The fourth-order valence-electron chi connectivity index (χ4n) is 2.04. The monoisotopic (exact) mass is 303 g/mol. The number of aliphatic hydroxyl groups is 1. The average Bonchev–Trinajstić information content (AvgIpc) is 2.27. The molecule has 0 atom stereocenters. The van der Waals surface area contributed by atoms with E-state index >= 15 is 0 Å². The summed E-state index contributed by atoms with van der Waals surface area (Å²) in [4.78, 5) is 0. The van der Waals surface area contributed by atoms with Gasteiger partial charge in [-0.1, -0.05) is 11.6 Å². The van der Waals surface area contributed by atoms with Crippen LogP contribution in [0.15, 0.2) is 22.7 Å². The standard InChI is InChI=1S/C12H15BrClNO/c13-11-6-3-9(7-12(11)14)15-8-1-4-10(16)5-2-8/h3,6-8,10,15-16H,1-2,4-5H2. The van der Waals surface area contributed by atoms with Gasteiger partial charge in [0.25, 0.3) is 0 Å². The second-order valence-electron chi connectivity index (χ2n) is 4.28. The minimum Gasteiger partial charge on any atom is -0.393 e. The van der Waals surface area contributed by atoms with E-state index in [1.807, 2.05) is 18.2 Å². The number of anilines is 1. The Morgan fingerprint density at radius 1 is 1.25 bits per heavy atom. The van der Waals surface area contributed by atoms with E-state index in [9.17, 15) is 5.11 Å². The number of hydrogen-bond donors (Lipinski definition) is 2. The minimum absolute atomic E-state index is 0.105. The molecule has 2 rings (SSSR count). The van der Waals surface area contributed by atoms with E-state index in [-0.39, 0.29) is 6.10 Å². The fraction of sp³-hybridized carbons (Fsp3) is 0.500. The first-order chi connectivity index (χ1) is 7.65. The van der Waals surface area contributed by atoms with Crippen molar-refractivity contribution in [1.82, 2.24) is 0 Å². The molecule has 0 aromatic heterocycles. The maximum atomic E-state index is 9.42. The van der Waals surface area contributed by atoms with Gasteiger partial charge in [-0.3, -0.25) is 0 Å². The van der Waals surface area contributed by atoms with Crippen LogP contribution in [0.5, 0.6) is 0 Å². The molecule has 1 saturated carbocycles. The molecule has 1 aromatic rings. The molecule has 1 aliphatic rings.